The molecule has 2 atom stereocenters. The Morgan fingerprint density at radius 1 is 1.67 bits per heavy atom. The van der Waals surface area contributed by atoms with E-state index in [1.165, 1.54) is 0 Å². The molecular formula is C10H16O2. The molecule has 68 valence electrons. The number of rotatable bonds is 1. The van der Waals surface area contributed by atoms with Crippen molar-refractivity contribution in [2.45, 2.75) is 39.7 Å². The fourth-order valence-electron chi connectivity index (χ4n) is 1.60. The highest BCUT2D eigenvalue weighted by Crippen LogP contribution is 2.38. The Morgan fingerprint density at radius 3 is 2.67 bits per heavy atom. The summed E-state index contributed by atoms with van der Waals surface area (Å²) in [6.45, 7) is 5.72. The predicted molar refractivity (Wildman–Crippen MR) is 47.8 cm³/mol. The van der Waals surface area contributed by atoms with E-state index in [4.69, 9.17) is 0 Å². The number of carbonyl (C=O) groups excluding carboxylic acids is 1. The molecule has 0 aromatic carbocycles. The minimum absolute atomic E-state index is 0.186. The van der Waals surface area contributed by atoms with Gasteiger partial charge >= 0.3 is 0 Å². The highest BCUT2D eigenvalue weighted by Gasteiger charge is 2.34. The van der Waals surface area contributed by atoms with Crippen LogP contribution in [0.1, 0.15) is 33.6 Å². The fraction of sp³-hybridized carbons (Fsp3) is 0.700. The van der Waals surface area contributed by atoms with Crippen LogP contribution in [0.4, 0.5) is 0 Å². The molecule has 0 spiro atoms. The van der Waals surface area contributed by atoms with Crippen LogP contribution in [-0.2, 0) is 4.79 Å². The lowest BCUT2D eigenvalue weighted by molar-refractivity contribution is -0.116. The van der Waals surface area contributed by atoms with Gasteiger partial charge in [-0.05, 0) is 26.3 Å². The first-order valence-corrected chi connectivity index (χ1v) is 4.36. The SMILES string of the molecule is CC1=CC(=O)CC[C@]1(C)C(C)O. The van der Waals surface area contributed by atoms with Gasteiger partial charge in [0.2, 0.25) is 0 Å². The van der Waals surface area contributed by atoms with E-state index in [1.807, 2.05) is 13.8 Å². The molecule has 1 aliphatic carbocycles. The summed E-state index contributed by atoms with van der Waals surface area (Å²) in [7, 11) is 0. The van der Waals surface area contributed by atoms with Gasteiger partial charge in [-0.25, -0.2) is 0 Å². The number of aliphatic hydroxyl groups is 1. The van der Waals surface area contributed by atoms with Crippen LogP contribution in [0, 0.1) is 5.41 Å². The molecule has 0 saturated carbocycles. The van der Waals surface area contributed by atoms with Crippen LogP contribution in [0.15, 0.2) is 11.6 Å². The Kier molecular flexibility index (Phi) is 2.38. The topological polar surface area (TPSA) is 37.3 Å². The first kappa shape index (κ1) is 9.46. The van der Waals surface area contributed by atoms with Gasteiger partial charge in [0.1, 0.15) is 0 Å². The van der Waals surface area contributed by atoms with Crippen molar-refractivity contribution in [2.24, 2.45) is 5.41 Å². The Morgan fingerprint density at radius 2 is 2.25 bits per heavy atom. The number of aliphatic hydroxyl groups excluding tert-OH is 1. The van der Waals surface area contributed by atoms with Crippen molar-refractivity contribution in [2.75, 3.05) is 0 Å². The van der Waals surface area contributed by atoms with Crippen LogP contribution in [-0.4, -0.2) is 17.0 Å². The van der Waals surface area contributed by atoms with Gasteiger partial charge in [-0.15, -0.1) is 0 Å². The number of hydrogen-bond donors (Lipinski definition) is 1. The summed E-state index contributed by atoms with van der Waals surface area (Å²) in [4.78, 5) is 11.0. The monoisotopic (exact) mass is 168 g/mol. The summed E-state index contributed by atoms with van der Waals surface area (Å²) in [6.07, 6.45) is 2.63. The van der Waals surface area contributed by atoms with Gasteiger partial charge in [0.05, 0.1) is 6.10 Å². The van der Waals surface area contributed by atoms with Crippen molar-refractivity contribution < 1.29 is 9.90 Å². The van der Waals surface area contributed by atoms with Gasteiger partial charge in [-0.3, -0.25) is 4.79 Å². The third kappa shape index (κ3) is 1.44. The zero-order valence-electron chi connectivity index (χ0n) is 7.92. The van der Waals surface area contributed by atoms with E-state index in [-0.39, 0.29) is 17.3 Å². The second-order valence-corrected chi connectivity index (χ2v) is 3.89. The lowest BCUT2D eigenvalue weighted by Crippen LogP contribution is -2.34. The van der Waals surface area contributed by atoms with Crippen LogP contribution in [0.5, 0.6) is 0 Å². The van der Waals surface area contributed by atoms with E-state index in [1.54, 1.807) is 13.0 Å². The predicted octanol–water partition coefficient (Wildman–Crippen LogP) is 1.68. The van der Waals surface area contributed by atoms with E-state index in [2.05, 4.69) is 0 Å². The van der Waals surface area contributed by atoms with Crippen molar-refractivity contribution in [3.8, 4) is 0 Å². The molecule has 0 aromatic rings. The minimum atomic E-state index is -0.373. The molecule has 0 fully saturated rings. The summed E-state index contributed by atoms with van der Waals surface area (Å²) in [6, 6.07) is 0. The summed E-state index contributed by atoms with van der Waals surface area (Å²) in [5.41, 5.74) is 0.822. The number of hydrogen-bond acceptors (Lipinski definition) is 2. The maximum Gasteiger partial charge on any atom is 0.155 e. The van der Waals surface area contributed by atoms with Gasteiger partial charge in [-0.2, -0.15) is 0 Å². The van der Waals surface area contributed by atoms with Crippen molar-refractivity contribution in [1.29, 1.82) is 0 Å². The first-order valence-electron chi connectivity index (χ1n) is 4.36. The third-order valence-corrected chi connectivity index (χ3v) is 3.09. The normalized spacial score (nSPS) is 33.0. The Bertz CT molecular complexity index is 228. The highest BCUT2D eigenvalue weighted by atomic mass is 16.3. The van der Waals surface area contributed by atoms with Gasteiger partial charge < -0.3 is 5.11 Å². The molecule has 1 N–H and O–H groups in total. The van der Waals surface area contributed by atoms with E-state index < -0.39 is 0 Å². The second-order valence-electron chi connectivity index (χ2n) is 3.89. The van der Waals surface area contributed by atoms with E-state index in [0.29, 0.717) is 6.42 Å². The molecule has 1 aliphatic rings. The molecule has 0 bridgehead atoms. The standard InChI is InChI=1S/C10H16O2/c1-7-6-9(12)4-5-10(7,3)8(2)11/h6,8,11H,4-5H2,1-3H3/t8?,10-/m0/s1. The molecule has 2 nitrogen and oxygen atoms in total. The minimum Gasteiger partial charge on any atom is -0.393 e. The van der Waals surface area contributed by atoms with Crippen LogP contribution in [0.2, 0.25) is 0 Å². The zero-order chi connectivity index (χ0) is 9.35. The van der Waals surface area contributed by atoms with Gasteiger partial charge in [0.15, 0.2) is 5.78 Å². The summed E-state index contributed by atoms with van der Waals surface area (Å²) >= 11 is 0. The summed E-state index contributed by atoms with van der Waals surface area (Å²) < 4.78 is 0. The lowest BCUT2D eigenvalue weighted by Gasteiger charge is -2.36. The van der Waals surface area contributed by atoms with Crippen molar-refractivity contribution >= 4 is 5.78 Å². The fourth-order valence-corrected chi connectivity index (χ4v) is 1.60. The van der Waals surface area contributed by atoms with Crippen molar-refractivity contribution in [3.05, 3.63) is 11.6 Å². The highest BCUT2D eigenvalue weighted by molar-refractivity contribution is 5.91. The molecule has 12 heavy (non-hydrogen) atoms. The molecule has 0 aromatic heterocycles. The van der Waals surface area contributed by atoms with Crippen LogP contribution in [0.25, 0.3) is 0 Å². The Hall–Kier alpha value is -0.630. The first-order chi connectivity index (χ1) is 5.47. The van der Waals surface area contributed by atoms with Gasteiger partial charge in [0, 0.05) is 11.8 Å². The summed E-state index contributed by atoms with van der Waals surface area (Å²) in [5, 5.41) is 9.54. The maximum atomic E-state index is 11.0. The van der Waals surface area contributed by atoms with Crippen molar-refractivity contribution in [1.82, 2.24) is 0 Å². The van der Waals surface area contributed by atoms with E-state index in [0.717, 1.165) is 12.0 Å². The van der Waals surface area contributed by atoms with Crippen LogP contribution >= 0.6 is 0 Å². The lowest BCUT2D eigenvalue weighted by atomic mass is 9.71. The van der Waals surface area contributed by atoms with E-state index >= 15 is 0 Å². The average Bonchev–Trinajstić information content (AvgIpc) is 1.97. The van der Waals surface area contributed by atoms with Crippen LogP contribution in [0.3, 0.4) is 0 Å². The number of ketones is 1. The molecule has 0 amide bonds. The zero-order valence-corrected chi connectivity index (χ0v) is 7.92. The molecule has 0 heterocycles. The number of allylic oxidation sites excluding steroid dienone is 1. The number of carbonyl (C=O) groups is 1. The second kappa shape index (κ2) is 3.02. The Labute approximate surface area is 73.3 Å². The average molecular weight is 168 g/mol. The largest absolute Gasteiger partial charge is 0.393 e. The molecular weight excluding hydrogens is 152 g/mol. The summed E-state index contributed by atoms with van der Waals surface area (Å²) in [5.74, 6) is 0.186. The smallest absolute Gasteiger partial charge is 0.155 e. The third-order valence-electron chi connectivity index (χ3n) is 3.09. The van der Waals surface area contributed by atoms with Gasteiger partial charge in [0.25, 0.3) is 0 Å². The Balaban J connectivity index is 2.94. The van der Waals surface area contributed by atoms with Crippen molar-refractivity contribution in [3.63, 3.8) is 0 Å². The quantitative estimate of drug-likeness (QED) is 0.646. The van der Waals surface area contributed by atoms with E-state index in [9.17, 15) is 9.90 Å². The van der Waals surface area contributed by atoms with Crippen LogP contribution < -0.4 is 0 Å². The molecule has 1 rings (SSSR count). The molecule has 1 unspecified atom stereocenters. The van der Waals surface area contributed by atoms with Gasteiger partial charge in [-0.1, -0.05) is 12.5 Å². The molecule has 0 saturated heterocycles. The molecule has 0 radical (unpaired) electrons. The molecule has 2 heteroatoms. The maximum absolute atomic E-state index is 11.0. The molecule has 0 aliphatic heterocycles.